The molecule has 1 aliphatic heterocycles. The van der Waals surface area contributed by atoms with Gasteiger partial charge in [-0.15, -0.1) is 0 Å². The van der Waals surface area contributed by atoms with Crippen LogP contribution in [0.4, 0.5) is 4.79 Å². The average Bonchev–Trinajstić information content (AvgIpc) is 2.91. The Morgan fingerprint density at radius 1 is 1.50 bits per heavy atom. The first-order chi connectivity index (χ1) is 9.56. The number of likely N-dealkylation sites (tertiary alicyclic amines) is 1. The highest BCUT2D eigenvalue weighted by Crippen LogP contribution is 2.17. The molecule has 0 spiro atoms. The van der Waals surface area contributed by atoms with Gasteiger partial charge in [0.05, 0.1) is 5.92 Å². The number of piperidine rings is 1. The Balaban J connectivity index is 1.76. The van der Waals surface area contributed by atoms with Crippen LogP contribution in [-0.4, -0.2) is 41.1 Å². The number of aliphatic carboxylic acids is 1. The Hall–Kier alpha value is -1.56. The van der Waals surface area contributed by atoms with Crippen LogP contribution >= 0.6 is 11.3 Å². The average molecular weight is 296 g/mol. The van der Waals surface area contributed by atoms with E-state index < -0.39 is 5.97 Å². The van der Waals surface area contributed by atoms with Gasteiger partial charge in [-0.1, -0.05) is 0 Å². The smallest absolute Gasteiger partial charge is 0.317 e. The van der Waals surface area contributed by atoms with Crippen LogP contribution in [0, 0.1) is 5.92 Å². The predicted molar refractivity (Wildman–Crippen MR) is 77.9 cm³/mol. The third-order valence-corrected chi connectivity index (χ3v) is 4.36. The van der Waals surface area contributed by atoms with Gasteiger partial charge in [0, 0.05) is 19.1 Å². The SMILES string of the molecule is CC(Cc1ccsc1)NC(=O)N1CCC(C(=O)O)CC1. The molecule has 1 aliphatic rings. The Morgan fingerprint density at radius 2 is 2.20 bits per heavy atom. The zero-order valence-corrected chi connectivity index (χ0v) is 12.4. The largest absolute Gasteiger partial charge is 0.481 e. The standard InChI is InChI=1S/C14H20N2O3S/c1-10(8-11-4-7-20-9-11)15-14(19)16-5-2-12(3-6-16)13(17)18/h4,7,9-10,12H,2-3,5-6,8H2,1H3,(H,15,19)(H,17,18). The normalized spacial score (nSPS) is 17.8. The molecule has 0 bridgehead atoms. The van der Waals surface area contributed by atoms with Gasteiger partial charge in [-0.3, -0.25) is 4.79 Å². The van der Waals surface area contributed by atoms with Crippen molar-refractivity contribution in [2.45, 2.75) is 32.2 Å². The van der Waals surface area contributed by atoms with Gasteiger partial charge in [0.15, 0.2) is 0 Å². The van der Waals surface area contributed by atoms with E-state index in [1.807, 2.05) is 12.3 Å². The molecule has 0 radical (unpaired) electrons. The van der Waals surface area contributed by atoms with Crippen molar-refractivity contribution in [3.8, 4) is 0 Å². The molecule has 6 heteroatoms. The number of carbonyl (C=O) groups excluding carboxylic acids is 1. The van der Waals surface area contributed by atoms with Gasteiger partial charge in [-0.25, -0.2) is 4.79 Å². The van der Waals surface area contributed by atoms with Crippen LogP contribution in [0.25, 0.3) is 0 Å². The van der Waals surface area contributed by atoms with Gasteiger partial charge < -0.3 is 15.3 Å². The Labute approximate surface area is 122 Å². The van der Waals surface area contributed by atoms with Crippen LogP contribution in [-0.2, 0) is 11.2 Å². The van der Waals surface area contributed by atoms with Crippen molar-refractivity contribution < 1.29 is 14.7 Å². The summed E-state index contributed by atoms with van der Waals surface area (Å²) in [7, 11) is 0. The number of carboxylic acid groups (broad SMARTS) is 1. The summed E-state index contributed by atoms with van der Waals surface area (Å²) < 4.78 is 0. The molecule has 1 unspecified atom stereocenters. The van der Waals surface area contributed by atoms with E-state index in [1.54, 1.807) is 16.2 Å². The fourth-order valence-electron chi connectivity index (χ4n) is 2.44. The molecule has 1 saturated heterocycles. The second-order valence-electron chi connectivity index (χ2n) is 5.29. The van der Waals surface area contributed by atoms with E-state index in [-0.39, 0.29) is 18.0 Å². The van der Waals surface area contributed by atoms with Gasteiger partial charge in [0.1, 0.15) is 0 Å². The lowest BCUT2D eigenvalue weighted by Crippen LogP contribution is -2.48. The molecule has 2 heterocycles. The Bertz CT molecular complexity index is 453. The minimum atomic E-state index is -0.754. The number of hydrogen-bond donors (Lipinski definition) is 2. The Kier molecular flexibility index (Phi) is 5.00. The number of rotatable bonds is 4. The lowest BCUT2D eigenvalue weighted by molar-refractivity contribution is -0.143. The lowest BCUT2D eigenvalue weighted by atomic mass is 9.97. The van der Waals surface area contributed by atoms with Crippen molar-refractivity contribution in [3.63, 3.8) is 0 Å². The van der Waals surface area contributed by atoms with Gasteiger partial charge in [0.2, 0.25) is 0 Å². The topological polar surface area (TPSA) is 69.6 Å². The molecule has 1 aromatic rings. The number of carboxylic acids is 1. The maximum atomic E-state index is 12.1. The van der Waals surface area contributed by atoms with E-state index in [2.05, 4.69) is 16.8 Å². The van der Waals surface area contributed by atoms with E-state index in [9.17, 15) is 9.59 Å². The molecule has 20 heavy (non-hydrogen) atoms. The number of nitrogens with one attached hydrogen (secondary N) is 1. The third-order valence-electron chi connectivity index (χ3n) is 3.62. The molecule has 2 N–H and O–H groups in total. The van der Waals surface area contributed by atoms with E-state index in [4.69, 9.17) is 5.11 Å². The minimum Gasteiger partial charge on any atom is -0.481 e. The predicted octanol–water partition coefficient (Wildman–Crippen LogP) is 2.19. The molecular weight excluding hydrogens is 276 g/mol. The van der Waals surface area contributed by atoms with Crippen molar-refractivity contribution in [2.24, 2.45) is 5.92 Å². The van der Waals surface area contributed by atoms with Crippen molar-refractivity contribution in [1.82, 2.24) is 10.2 Å². The van der Waals surface area contributed by atoms with Crippen LogP contribution in [0.1, 0.15) is 25.3 Å². The molecule has 2 rings (SSSR count). The highest BCUT2D eigenvalue weighted by atomic mass is 32.1. The van der Waals surface area contributed by atoms with Gasteiger partial charge in [-0.05, 0) is 48.6 Å². The van der Waals surface area contributed by atoms with Crippen molar-refractivity contribution >= 4 is 23.3 Å². The van der Waals surface area contributed by atoms with Crippen LogP contribution in [0.3, 0.4) is 0 Å². The quantitative estimate of drug-likeness (QED) is 0.894. The molecular formula is C14H20N2O3S. The summed E-state index contributed by atoms with van der Waals surface area (Å²) in [5.74, 6) is -1.06. The maximum Gasteiger partial charge on any atom is 0.317 e. The molecule has 5 nitrogen and oxygen atoms in total. The third kappa shape index (κ3) is 3.96. The lowest BCUT2D eigenvalue weighted by Gasteiger charge is -2.31. The first-order valence-electron chi connectivity index (χ1n) is 6.85. The molecule has 1 atom stereocenters. The van der Waals surface area contributed by atoms with E-state index in [0.717, 1.165) is 6.42 Å². The fraction of sp³-hybridized carbons (Fsp3) is 0.571. The summed E-state index contributed by atoms with van der Waals surface area (Å²) in [5.41, 5.74) is 1.23. The van der Waals surface area contributed by atoms with Crippen LogP contribution < -0.4 is 5.32 Å². The number of nitrogens with zero attached hydrogens (tertiary/aromatic N) is 1. The monoisotopic (exact) mass is 296 g/mol. The number of carbonyl (C=O) groups is 2. The number of amides is 2. The Morgan fingerprint density at radius 3 is 2.75 bits per heavy atom. The second-order valence-corrected chi connectivity index (χ2v) is 6.07. The highest BCUT2D eigenvalue weighted by molar-refractivity contribution is 7.07. The zero-order valence-electron chi connectivity index (χ0n) is 11.5. The van der Waals surface area contributed by atoms with Crippen molar-refractivity contribution in [1.29, 1.82) is 0 Å². The van der Waals surface area contributed by atoms with Crippen molar-refractivity contribution in [3.05, 3.63) is 22.4 Å². The summed E-state index contributed by atoms with van der Waals surface area (Å²) in [6, 6.07) is 2.05. The van der Waals surface area contributed by atoms with Gasteiger partial charge in [0.25, 0.3) is 0 Å². The summed E-state index contributed by atoms with van der Waals surface area (Å²) in [4.78, 5) is 24.7. The maximum absolute atomic E-state index is 12.1. The summed E-state index contributed by atoms with van der Waals surface area (Å²) in [6.45, 7) is 3.03. The van der Waals surface area contributed by atoms with Crippen LogP contribution in [0.2, 0.25) is 0 Å². The van der Waals surface area contributed by atoms with E-state index in [0.29, 0.717) is 25.9 Å². The molecule has 0 aromatic carbocycles. The molecule has 0 aliphatic carbocycles. The van der Waals surface area contributed by atoms with E-state index in [1.165, 1.54) is 5.56 Å². The van der Waals surface area contributed by atoms with Crippen LogP contribution in [0.15, 0.2) is 16.8 Å². The first-order valence-corrected chi connectivity index (χ1v) is 7.80. The second kappa shape index (κ2) is 6.74. The van der Waals surface area contributed by atoms with Crippen LogP contribution in [0.5, 0.6) is 0 Å². The van der Waals surface area contributed by atoms with Gasteiger partial charge >= 0.3 is 12.0 Å². The summed E-state index contributed by atoms with van der Waals surface area (Å²) >= 11 is 1.65. The van der Waals surface area contributed by atoms with Crippen molar-refractivity contribution in [2.75, 3.05) is 13.1 Å². The van der Waals surface area contributed by atoms with E-state index >= 15 is 0 Å². The summed E-state index contributed by atoms with van der Waals surface area (Å²) in [5, 5.41) is 16.0. The minimum absolute atomic E-state index is 0.0781. The number of thiophene rings is 1. The molecule has 1 fully saturated rings. The number of urea groups is 1. The molecule has 1 aromatic heterocycles. The fourth-order valence-corrected chi connectivity index (χ4v) is 3.13. The van der Waals surface area contributed by atoms with Gasteiger partial charge in [-0.2, -0.15) is 11.3 Å². The zero-order chi connectivity index (χ0) is 14.5. The first kappa shape index (κ1) is 14.8. The molecule has 2 amide bonds. The molecule has 110 valence electrons. The molecule has 0 saturated carbocycles. The summed E-state index contributed by atoms with van der Waals surface area (Å²) in [6.07, 6.45) is 1.91. The highest BCUT2D eigenvalue weighted by Gasteiger charge is 2.27. The number of hydrogen-bond acceptors (Lipinski definition) is 3.